The molecule has 1 aromatic rings. The molecular formula is C12H14O3S. The summed E-state index contributed by atoms with van der Waals surface area (Å²) in [7, 11) is 1.34. The van der Waals surface area contributed by atoms with Gasteiger partial charge >= 0.3 is 5.97 Å². The standard InChI is InChI=1S/C12H14O3S/c1-3-4-7-8-5-6-16-11(8)10(13)9(7)12(14)15-2/h5-7,9H,3-4H2,1-2H3/t7-,9+/m0/s1. The Morgan fingerprint density at radius 2 is 2.31 bits per heavy atom. The lowest BCUT2D eigenvalue weighted by atomic mass is 9.88. The predicted octanol–water partition coefficient (Wildman–Crippen LogP) is 2.62. The van der Waals surface area contributed by atoms with Crippen LogP contribution >= 0.6 is 11.3 Å². The van der Waals surface area contributed by atoms with Crippen molar-refractivity contribution in [3.63, 3.8) is 0 Å². The van der Waals surface area contributed by atoms with E-state index in [1.807, 2.05) is 11.4 Å². The van der Waals surface area contributed by atoms with Crippen LogP contribution in [0.2, 0.25) is 0 Å². The Kier molecular flexibility index (Phi) is 3.10. The van der Waals surface area contributed by atoms with Gasteiger partial charge in [0.25, 0.3) is 0 Å². The molecule has 1 aromatic heterocycles. The van der Waals surface area contributed by atoms with Gasteiger partial charge in [-0.15, -0.1) is 11.3 Å². The molecule has 16 heavy (non-hydrogen) atoms. The Morgan fingerprint density at radius 1 is 1.56 bits per heavy atom. The number of carbonyl (C=O) groups excluding carboxylic acids is 2. The molecule has 86 valence electrons. The van der Waals surface area contributed by atoms with E-state index in [1.54, 1.807) is 0 Å². The quantitative estimate of drug-likeness (QED) is 0.600. The maximum absolute atomic E-state index is 12.1. The van der Waals surface area contributed by atoms with Crippen molar-refractivity contribution >= 4 is 23.1 Å². The lowest BCUT2D eigenvalue weighted by molar-refractivity contribution is -0.144. The summed E-state index contributed by atoms with van der Waals surface area (Å²) in [4.78, 5) is 24.4. The second-order valence-electron chi connectivity index (χ2n) is 3.97. The van der Waals surface area contributed by atoms with Gasteiger partial charge in [-0.1, -0.05) is 13.3 Å². The number of ether oxygens (including phenoxy) is 1. The third-order valence-electron chi connectivity index (χ3n) is 3.06. The van der Waals surface area contributed by atoms with Gasteiger partial charge in [0.1, 0.15) is 5.92 Å². The summed E-state index contributed by atoms with van der Waals surface area (Å²) in [6, 6.07) is 1.96. The van der Waals surface area contributed by atoms with Crippen LogP contribution in [-0.4, -0.2) is 18.9 Å². The molecule has 0 saturated carbocycles. The number of carbonyl (C=O) groups is 2. The van der Waals surface area contributed by atoms with Gasteiger partial charge in [0.2, 0.25) is 0 Å². The van der Waals surface area contributed by atoms with Crippen LogP contribution in [0.5, 0.6) is 0 Å². The number of thiophene rings is 1. The SMILES string of the molecule is CCC[C@H]1c2ccsc2C(=O)[C@@H]1C(=O)OC. The fourth-order valence-corrected chi connectivity index (χ4v) is 3.30. The molecule has 0 bridgehead atoms. The minimum atomic E-state index is -0.604. The first kappa shape index (κ1) is 11.3. The zero-order valence-electron chi connectivity index (χ0n) is 9.36. The van der Waals surface area contributed by atoms with Crippen LogP contribution in [0.25, 0.3) is 0 Å². The lowest BCUT2D eigenvalue weighted by Gasteiger charge is -2.15. The molecule has 0 N–H and O–H groups in total. The molecule has 2 atom stereocenters. The average molecular weight is 238 g/mol. The summed E-state index contributed by atoms with van der Waals surface area (Å²) in [6.45, 7) is 2.06. The molecule has 1 aliphatic carbocycles. The topological polar surface area (TPSA) is 43.4 Å². The average Bonchev–Trinajstić information content (AvgIpc) is 2.83. The fourth-order valence-electron chi connectivity index (χ4n) is 2.35. The number of rotatable bonds is 3. The minimum Gasteiger partial charge on any atom is -0.468 e. The Balaban J connectivity index is 2.37. The molecule has 1 heterocycles. The van der Waals surface area contributed by atoms with Crippen molar-refractivity contribution in [1.82, 2.24) is 0 Å². The molecule has 4 heteroatoms. The van der Waals surface area contributed by atoms with E-state index in [-0.39, 0.29) is 11.7 Å². The minimum absolute atomic E-state index is 0.0196. The number of esters is 1. The highest BCUT2D eigenvalue weighted by atomic mass is 32.1. The maximum atomic E-state index is 12.1. The van der Waals surface area contributed by atoms with E-state index in [1.165, 1.54) is 18.4 Å². The lowest BCUT2D eigenvalue weighted by Crippen LogP contribution is -2.25. The Hall–Kier alpha value is -1.16. The maximum Gasteiger partial charge on any atom is 0.317 e. The van der Waals surface area contributed by atoms with Crippen LogP contribution in [0, 0.1) is 5.92 Å². The fraction of sp³-hybridized carbons (Fsp3) is 0.500. The van der Waals surface area contributed by atoms with Crippen molar-refractivity contribution in [3.05, 3.63) is 21.9 Å². The van der Waals surface area contributed by atoms with E-state index in [9.17, 15) is 9.59 Å². The monoisotopic (exact) mass is 238 g/mol. The predicted molar refractivity (Wildman–Crippen MR) is 61.8 cm³/mol. The van der Waals surface area contributed by atoms with Gasteiger partial charge in [0, 0.05) is 5.92 Å². The second-order valence-corrected chi connectivity index (χ2v) is 4.88. The van der Waals surface area contributed by atoms with Crippen LogP contribution < -0.4 is 0 Å². The van der Waals surface area contributed by atoms with Crippen LogP contribution in [0.4, 0.5) is 0 Å². The molecular weight excluding hydrogens is 224 g/mol. The van der Waals surface area contributed by atoms with Crippen LogP contribution in [-0.2, 0) is 9.53 Å². The first-order valence-corrected chi connectivity index (χ1v) is 6.28. The smallest absolute Gasteiger partial charge is 0.317 e. The normalized spacial score (nSPS) is 23.2. The number of methoxy groups -OCH3 is 1. The number of Topliss-reactive ketones (excluding diaryl/α,β-unsaturated/α-hetero) is 1. The number of hydrogen-bond acceptors (Lipinski definition) is 4. The van der Waals surface area contributed by atoms with Crippen molar-refractivity contribution in [1.29, 1.82) is 0 Å². The molecule has 0 unspecified atom stereocenters. The van der Waals surface area contributed by atoms with Crippen LogP contribution in [0.3, 0.4) is 0 Å². The van der Waals surface area contributed by atoms with Gasteiger partial charge in [0.05, 0.1) is 12.0 Å². The van der Waals surface area contributed by atoms with Crippen molar-refractivity contribution in [3.8, 4) is 0 Å². The van der Waals surface area contributed by atoms with Crippen molar-refractivity contribution < 1.29 is 14.3 Å². The van der Waals surface area contributed by atoms with Gasteiger partial charge in [-0.05, 0) is 23.4 Å². The van der Waals surface area contributed by atoms with E-state index in [2.05, 4.69) is 6.92 Å². The van der Waals surface area contributed by atoms with Gasteiger partial charge in [-0.25, -0.2) is 0 Å². The van der Waals surface area contributed by atoms with Crippen LogP contribution in [0.1, 0.15) is 40.9 Å². The third kappa shape index (κ3) is 1.57. The van der Waals surface area contributed by atoms with E-state index in [4.69, 9.17) is 4.74 Å². The molecule has 0 fully saturated rings. The van der Waals surface area contributed by atoms with E-state index in [0.717, 1.165) is 23.3 Å². The van der Waals surface area contributed by atoms with Gasteiger partial charge in [0.15, 0.2) is 5.78 Å². The number of ketones is 1. The first-order valence-electron chi connectivity index (χ1n) is 5.40. The molecule has 0 radical (unpaired) electrons. The van der Waals surface area contributed by atoms with Gasteiger partial charge in [-0.2, -0.15) is 0 Å². The van der Waals surface area contributed by atoms with Crippen molar-refractivity contribution in [2.45, 2.75) is 25.7 Å². The highest BCUT2D eigenvalue weighted by molar-refractivity contribution is 7.12. The Bertz CT molecular complexity index is 422. The molecule has 0 amide bonds. The third-order valence-corrected chi connectivity index (χ3v) is 4.00. The highest BCUT2D eigenvalue weighted by Crippen LogP contribution is 2.43. The molecule has 0 aliphatic heterocycles. The van der Waals surface area contributed by atoms with E-state index in [0.29, 0.717) is 0 Å². The number of hydrogen-bond donors (Lipinski definition) is 0. The van der Waals surface area contributed by atoms with E-state index < -0.39 is 11.9 Å². The zero-order chi connectivity index (χ0) is 11.7. The summed E-state index contributed by atoms with van der Waals surface area (Å²) in [5, 5.41) is 1.92. The molecule has 1 aliphatic rings. The zero-order valence-corrected chi connectivity index (χ0v) is 10.2. The molecule has 0 spiro atoms. The Labute approximate surface area is 98.4 Å². The first-order chi connectivity index (χ1) is 7.70. The summed E-state index contributed by atoms with van der Waals surface area (Å²) in [6.07, 6.45) is 1.82. The van der Waals surface area contributed by atoms with Crippen LogP contribution in [0.15, 0.2) is 11.4 Å². The molecule has 2 rings (SSSR count). The molecule has 3 nitrogen and oxygen atoms in total. The molecule has 0 saturated heterocycles. The summed E-state index contributed by atoms with van der Waals surface area (Å²) in [5.41, 5.74) is 1.03. The summed E-state index contributed by atoms with van der Waals surface area (Å²) in [5.74, 6) is -1.04. The highest BCUT2D eigenvalue weighted by Gasteiger charge is 2.45. The summed E-state index contributed by atoms with van der Waals surface area (Å²) >= 11 is 1.42. The Morgan fingerprint density at radius 3 is 2.94 bits per heavy atom. The second kappa shape index (κ2) is 4.37. The van der Waals surface area contributed by atoms with Gasteiger partial charge < -0.3 is 4.74 Å². The largest absolute Gasteiger partial charge is 0.468 e. The van der Waals surface area contributed by atoms with Crippen molar-refractivity contribution in [2.75, 3.05) is 7.11 Å². The van der Waals surface area contributed by atoms with Crippen molar-refractivity contribution in [2.24, 2.45) is 5.92 Å². The molecule has 0 aromatic carbocycles. The summed E-state index contributed by atoms with van der Waals surface area (Å²) < 4.78 is 4.73. The van der Waals surface area contributed by atoms with E-state index >= 15 is 0 Å². The number of fused-ring (bicyclic) bond motifs is 1. The van der Waals surface area contributed by atoms with Gasteiger partial charge in [-0.3, -0.25) is 9.59 Å².